The summed E-state index contributed by atoms with van der Waals surface area (Å²) in [5.74, 6) is 0.129. The molecule has 2 aliphatic heterocycles. The van der Waals surface area contributed by atoms with E-state index < -0.39 is 5.82 Å². The van der Waals surface area contributed by atoms with E-state index in [1.54, 1.807) is 4.57 Å². The summed E-state index contributed by atoms with van der Waals surface area (Å²) < 4.78 is 15.0. The number of likely N-dealkylation sites (tertiary alicyclic amines) is 1. The molecule has 3 heterocycles. The predicted molar refractivity (Wildman–Crippen MR) is 122 cm³/mol. The highest BCUT2D eigenvalue weighted by atomic mass is 19.1. The molecular formula is C25H27FN4O2. The zero-order valence-electron chi connectivity index (χ0n) is 18.0. The molecule has 0 aliphatic carbocycles. The number of amides is 1. The van der Waals surface area contributed by atoms with E-state index in [-0.39, 0.29) is 11.5 Å². The number of anilines is 1. The van der Waals surface area contributed by atoms with Gasteiger partial charge in [0.25, 0.3) is 5.56 Å². The second-order valence-corrected chi connectivity index (χ2v) is 8.86. The molecule has 6 nitrogen and oxygen atoms in total. The lowest BCUT2D eigenvalue weighted by Crippen LogP contribution is -2.45. The fraction of sp³-hybridized carbons (Fsp3) is 0.400. The first-order valence-electron chi connectivity index (χ1n) is 11.3. The maximum atomic E-state index is 13.4. The van der Waals surface area contributed by atoms with Crippen molar-refractivity contribution in [2.24, 2.45) is 5.92 Å². The lowest BCUT2D eigenvalue weighted by atomic mass is 9.96. The molecule has 1 saturated heterocycles. The van der Waals surface area contributed by atoms with Gasteiger partial charge >= 0.3 is 0 Å². The van der Waals surface area contributed by atoms with Gasteiger partial charge in [-0.2, -0.15) is 0 Å². The monoisotopic (exact) mass is 434 g/mol. The normalized spacial score (nSPS) is 17.5. The first-order chi connectivity index (χ1) is 15.6. The number of benzene rings is 2. The van der Waals surface area contributed by atoms with Gasteiger partial charge in [-0.05, 0) is 68.5 Å². The van der Waals surface area contributed by atoms with E-state index >= 15 is 0 Å². The van der Waals surface area contributed by atoms with Crippen LogP contribution in [-0.4, -0.2) is 46.5 Å². The fourth-order valence-corrected chi connectivity index (χ4v) is 4.94. The van der Waals surface area contributed by atoms with Gasteiger partial charge in [0.2, 0.25) is 5.91 Å². The molecule has 7 heteroatoms. The molecule has 1 aromatic heterocycles. The molecule has 0 saturated carbocycles. The van der Waals surface area contributed by atoms with Gasteiger partial charge in [-0.15, -0.1) is 0 Å². The van der Waals surface area contributed by atoms with Crippen LogP contribution in [0, 0.1) is 11.7 Å². The second kappa shape index (κ2) is 8.82. The SMILES string of the molecule is O=C(CN1CCC(Cn2cnc3cc(F)ccc3c2=O)CC1)N1CCCc2ccccc21. The standard InChI is InChI=1S/C25H27FN4O2/c26-20-7-8-21-22(14-20)27-17-29(25(21)32)15-18-9-12-28(13-10-18)16-24(31)30-11-3-5-19-4-1-2-6-23(19)30/h1-2,4,6-8,14,17-18H,3,5,9-13,15-16H2. The van der Waals surface area contributed by atoms with Gasteiger partial charge in [-0.25, -0.2) is 9.37 Å². The van der Waals surface area contributed by atoms with E-state index in [0.29, 0.717) is 29.9 Å². The van der Waals surface area contributed by atoms with Crippen LogP contribution in [0.4, 0.5) is 10.1 Å². The third kappa shape index (κ3) is 4.17. The molecular weight excluding hydrogens is 407 g/mol. The molecule has 2 aromatic carbocycles. The Labute approximate surface area is 186 Å². The number of para-hydroxylation sites is 1. The molecule has 166 valence electrons. The van der Waals surface area contributed by atoms with Gasteiger partial charge in [0, 0.05) is 24.8 Å². The Bertz CT molecular complexity index is 1200. The first kappa shape index (κ1) is 20.8. The Kier molecular flexibility index (Phi) is 5.74. The number of hydrogen-bond donors (Lipinski definition) is 0. The van der Waals surface area contributed by atoms with Crippen molar-refractivity contribution in [3.8, 4) is 0 Å². The average Bonchev–Trinajstić information content (AvgIpc) is 2.81. The third-order valence-electron chi connectivity index (χ3n) is 6.72. The Morgan fingerprint density at radius 2 is 1.91 bits per heavy atom. The summed E-state index contributed by atoms with van der Waals surface area (Å²) in [4.78, 5) is 34.2. The number of fused-ring (bicyclic) bond motifs is 2. The zero-order chi connectivity index (χ0) is 22.1. The Morgan fingerprint density at radius 3 is 2.75 bits per heavy atom. The Hall–Kier alpha value is -3.06. The molecule has 1 fully saturated rings. The van der Waals surface area contributed by atoms with Crippen molar-refractivity contribution in [1.82, 2.24) is 14.5 Å². The van der Waals surface area contributed by atoms with Crippen LogP contribution in [0.25, 0.3) is 10.9 Å². The Morgan fingerprint density at radius 1 is 1.09 bits per heavy atom. The van der Waals surface area contributed by atoms with E-state index in [2.05, 4.69) is 16.0 Å². The van der Waals surface area contributed by atoms with Crippen molar-refractivity contribution >= 4 is 22.5 Å². The summed E-state index contributed by atoms with van der Waals surface area (Å²) in [5, 5.41) is 0.443. The van der Waals surface area contributed by atoms with Crippen molar-refractivity contribution in [3.63, 3.8) is 0 Å². The molecule has 5 rings (SSSR count). The minimum Gasteiger partial charge on any atom is -0.311 e. The molecule has 2 aliphatic rings. The zero-order valence-corrected chi connectivity index (χ0v) is 18.0. The van der Waals surface area contributed by atoms with E-state index in [1.807, 2.05) is 23.1 Å². The number of carbonyl (C=O) groups excluding carboxylic acids is 1. The van der Waals surface area contributed by atoms with Crippen molar-refractivity contribution in [2.75, 3.05) is 31.1 Å². The molecule has 0 spiro atoms. The van der Waals surface area contributed by atoms with Crippen LogP contribution in [0.1, 0.15) is 24.8 Å². The average molecular weight is 435 g/mol. The quantitative estimate of drug-likeness (QED) is 0.633. The summed E-state index contributed by atoms with van der Waals surface area (Å²) in [7, 11) is 0. The van der Waals surface area contributed by atoms with Crippen LogP contribution in [0.2, 0.25) is 0 Å². The van der Waals surface area contributed by atoms with E-state index in [4.69, 9.17) is 0 Å². The van der Waals surface area contributed by atoms with Crippen LogP contribution in [0.5, 0.6) is 0 Å². The molecule has 0 radical (unpaired) electrons. The van der Waals surface area contributed by atoms with Gasteiger partial charge in [-0.1, -0.05) is 18.2 Å². The van der Waals surface area contributed by atoms with Crippen molar-refractivity contribution in [1.29, 1.82) is 0 Å². The molecule has 0 unspecified atom stereocenters. The second-order valence-electron chi connectivity index (χ2n) is 8.86. The van der Waals surface area contributed by atoms with Crippen LogP contribution in [0.15, 0.2) is 53.6 Å². The van der Waals surface area contributed by atoms with E-state index in [1.165, 1.54) is 30.1 Å². The topological polar surface area (TPSA) is 58.4 Å². The Balaban J connectivity index is 1.19. The van der Waals surface area contributed by atoms with Crippen molar-refractivity contribution in [2.45, 2.75) is 32.2 Å². The van der Waals surface area contributed by atoms with Crippen molar-refractivity contribution < 1.29 is 9.18 Å². The van der Waals surface area contributed by atoms with Gasteiger partial charge in [0.1, 0.15) is 5.82 Å². The van der Waals surface area contributed by atoms with E-state index in [0.717, 1.165) is 51.0 Å². The van der Waals surface area contributed by atoms with Gasteiger partial charge in [0.05, 0.1) is 23.8 Å². The number of aromatic nitrogens is 2. The maximum absolute atomic E-state index is 13.4. The van der Waals surface area contributed by atoms with Gasteiger partial charge in [-0.3, -0.25) is 19.1 Å². The third-order valence-corrected chi connectivity index (χ3v) is 6.72. The van der Waals surface area contributed by atoms with Crippen LogP contribution < -0.4 is 10.5 Å². The number of halogens is 1. The summed E-state index contributed by atoms with van der Waals surface area (Å²) in [5.41, 5.74) is 2.57. The van der Waals surface area contributed by atoms with Gasteiger partial charge in [0.15, 0.2) is 0 Å². The maximum Gasteiger partial charge on any atom is 0.261 e. The lowest BCUT2D eigenvalue weighted by molar-refractivity contribution is -0.120. The smallest absolute Gasteiger partial charge is 0.261 e. The highest BCUT2D eigenvalue weighted by Gasteiger charge is 2.26. The number of nitrogens with zero attached hydrogens (tertiary/aromatic N) is 4. The molecule has 1 amide bonds. The molecule has 3 aromatic rings. The summed E-state index contributed by atoms with van der Waals surface area (Å²) in [6.07, 6.45) is 5.42. The van der Waals surface area contributed by atoms with Crippen molar-refractivity contribution in [3.05, 3.63) is 70.5 Å². The highest BCUT2D eigenvalue weighted by molar-refractivity contribution is 5.96. The summed E-state index contributed by atoms with van der Waals surface area (Å²) in [6, 6.07) is 12.3. The van der Waals surface area contributed by atoms with Crippen LogP contribution in [0.3, 0.4) is 0 Å². The largest absolute Gasteiger partial charge is 0.311 e. The predicted octanol–water partition coefficient (Wildman–Crippen LogP) is 3.23. The lowest BCUT2D eigenvalue weighted by Gasteiger charge is -2.35. The number of aryl methyl sites for hydroxylation is 1. The number of rotatable bonds is 4. The molecule has 32 heavy (non-hydrogen) atoms. The first-order valence-corrected chi connectivity index (χ1v) is 11.3. The van der Waals surface area contributed by atoms with Crippen LogP contribution in [-0.2, 0) is 17.8 Å². The summed E-state index contributed by atoms with van der Waals surface area (Å²) in [6.45, 7) is 3.50. The fourth-order valence-electron chi connectivity index (χ4n) is 4.94. The molecule has 0 N–H and O–H groups in total. The number of piperidine rings is 1. The minimum atomic E-state index is -0.392. The van der Waals surface area contributed by atoms with E-state index in [9.17, 15) is 14.0 Å². The highest BCUT2D eigenvalue weighted by Crippen LogP contribution is 2.27. The number of hydrogen-bond acceptors (Lipinski definition) is 4. The molecule has 0 bridgehead atoms. The number of carbonyl (C=O) groups is 1. The summed E-state index contributed by atoms with van der Waals surface area (Å²) >= 11 is 0. The minimum absolute atomic E-state index is 0.128. The molecule has 0 atom stereocenters. The van der Waals surface area contributed by atoms with Crippen LogP contribution >= 0.6 is 0 Å². The van der Waals surface area contributed by atoms with Gasteiger partial charge < -0.3 is 4.90 Å².